The Bertz CT molecular complexity index is 966. The van der Waals surface area contributed by atoms with Crippen molar-refractivity contribution in [3.63, 3.8) is 0 Å². The summed E-state index contributed by atoms with van der Waals surface area (Å²) in [6.07, 6.45) is 0.897. The molecule has 1 aliphatic heterocycles. The molecule has 0 saturated heterocycles. The van der Waals surface area contributed by atoms with Crippen molar-refractivity contribution in [3.8, 4) is 10.8 Å². The number of aromatic nitrogens is 3. The van der Waals surface area contributed by atoms with Gasteiger partial charge in [0.05, 0.1) is 16.0 Å². The van der Waals surface area contributed by atoms with Crippen LogP contribution in [0.1, 0.15) is 23.2 Å². The van der Waals surface area contributed by atoms with E-state index < -0.39 is 0 Å². The van der Waals surface area contributed by atoms with E-state index in [0.717, 1.165) is 34.2 Å². The van der Waals surface area contributed by atoms with E-state index in [2.05, 4.69) is 21.2 Å². The van der Waals surface area contributed by atoms with E-state index in [1.807, 2.05) is 43.9 Å². The van der Waals surface area contributed by atoms with E-state index in [4.69, 9.17) is 4.42 Å². The summed E-state index contributed by atoms with van der Waals surface area (Å²) in [5.74, 6) is 0.520. The molecule has 0 aliphatic carbocycles. The average Bonchev–Trinajstić information content (AvgIpc) is 3.32. The van der Waals surface area contributed by atoms with Gasteiger partial charge in [0.25, 0.3) is 11.1 Å². The molecule has 4 rings (SSSR count). The lowest BCUT2D eigenvalue weighted by molar-refractivity contribution is -0.117. The molecule has 0 saturated carbocycles. The van der Waals surface area contributed by atoms with E-state index in [9.17, 15) is 4.79 Å². The van der Waals surface area contributed by atoms with Gasteiger partial charge in [-0.05, 0) is 38.8 Å². The van der Waals surface area contributed by atoms with Crippen molar-refractivity contribution < 1.29 is 9.21 Å². The number of thiazole rings is 1. The summed E-state index contributed by atoms with van der Waals surface area (Å²) in [5, 5.41) is 9.26. The lowest BCUT2D eigenvalue weighted by Gasteiger charge is -2.20. The molecule has 0 bridgehead atoms. The molecule has 0 N–H and O–H groups in total. The van der Waals surface area contributed by atoms with Crippen LogP contribution in [-0.2, 0) is 11.2 Å². The Hall–Kier alpha value is -2.19. The number of hydrogen-bond donors (Lipinski definition) is 0. The first-order valence-electron chi connectivity index (χ1n) is 8.37. The van der Waals surface area contributed by atoms with Gasteiger partial charge in [-0.3, -0.25) is 4.79 Å². The Morgan fingerprint density at radius 1 is 1.31 bits per heavy atom. The molecule has 0 unspecified atom stereocenters. The van der Waals surface area contributed by atoms with Crippen molar-refractivity contribution >= 4 is 34.7 Å². The predicted molar refractivity (Wildman–Crippen MR) is 103 cm³/mol. The van der Waals surface area contributed by atoms with E-state index in [1.165, 1.54) is 28.7 Å². The van der Waals surface area contributed by atoms with Crippen LogP contribution in [0.4, 0.5) is 5.69 Å². The van der Waals surface area contributed by atoms with Crippen molar-refractivity contribution in [2.75, 3.05) is 11.4 Å². The second-order valence-corrected chi connectivity index (χ2v) is 8.64. The number of rotatable bonds is 4. The molecule has 0 radical (unpaired) electrons. The zero-order chi connectivity index (χ0) is 18.3. The molecular formula is C18H18N4O2S2. The van der Waals surface area contributed by atoms with Gasteiger partial charge in [0.1, 0.15) is 4.88 Å². The van der Waals surface area contributed by atoms with E-state index in [1.54, 1.807) is 0 Å². The Kier molecular flexibility index (Phi) is 4.54. The molecule has 8 heteroatoms. The highest BCUT2D eigenvalue weighted by Gasteiger charge is 2.29. The largest absolute Gasteiger partial charge is 0.410 e. The zero-order valence-electron chi connectivity index (χ0n) is 14.7. The van der Waals surface area contributed by atoms with Crippen LogP contribution in [0, 0.1) is 13.8 Å². The van der Waals surface area contributed by atoms with Gasteiger partial charge in [0, 0.05) is 12.2 Å². The molecule has 26 heavy (non-hydrogen) atoms. The summed E-state index contributed by atoms with van der Waals surface area (Å²) in [6.45, 7) is 6.46. The highest BCUT2D eigenvalue weighted by Crippen LogP contribution is 2.34. The highest BCUT2D eigenvalue weighted by molar-refractivity contribution is 8.00. The summed E-state index contributed by atoms with van der Waals surface area (Å²) in [4.78, 5) is 20.0. The van der Waals surface area contributed by atoms with E-state index >= 15 is 0 Å². The van der Waals surface area contributed by atoms with Gasteiger partial charge in [0.2, 0.25) is 5.91 Å². The van der Waals surface area contributed by atoms with Crippen molar-refractivity contribution in [3.05, 3.63) is 40.5 Å². The minimum atomic E-state index is -0.307. The maximum Gasteiger partial charge on any atom is 0.277 e. The highest BCUT2D eigenvalue weighted by atomic mass is 32.2. The molecule has 1 aliphatic rings. The molecule has 3 aromatic rings. The molecule has 134 valence electrons. The van der Waals surface area contributed by atoms with Gasteiger partial charge in [0.15, 0.2) is 0 Å². The number of benzene rings is 1. The van der Waals surface area contributed by atoms with Gasteiger partial charge in [-0.1, -0.05) is 30.0 Å². The molecule has 1 amide bonds. The number of carbonyl (C=O) groups is 1. The van der Waals surface area contributed by atoms with Crippen molar-refractivity contribution in [2.45, 2.75) is 37.7 Å². The quantitative estimate of drug-likeness (QED) is 0.634. The number of anilines is 1. The first-order chi connectivity index (χ1) is 12.5. The van der Waals surface area contributed by atoms with Gasteiger partial charge in [-0.25, -0.2) is 4.98 Å². The monoisotopic (exact) mass is 386 g/mol. The third-order valence-corrected chi connectivity index (χ3v) is 6.27. The maximum atomic E-state index is 12.9. The predicted octanol–water partition coefficient (Wildman–Crippen LogP) is 3.88. The van der Waals surface area contributed by atoms with Crippen LogP contribution in [0.15, 0.2) is 33.9 Å². The first-order valence-corrected chi connectivity index (χ1v) is 10.1. The molecule has 1 atom stereocenters. The third kappa shape index (κ3) is 3.14. The number of thioether (sulfide) groups is 1. The Labute approximate surface area is 159 Å². The number of hydrogen-bond acceptors (Lipinski definition) is 7. The fourth-order valence-electron chi connectivity index (χ4n) is 3.07. The number of amides is 1. The van der Waals surface area contributed by atoms with Crippen molar-refractivity contribution in [2.24, 2.45) is 0 Å². The van der Waals surface area contributed by atoms with E-state index in [0.29, 0.717) is 11.1 Å². The average molecular weight is 387 g/mol. The smallest absolute Gasteiger partial charge is 0.277 e. The summed E-state index contributed by atoms with van der Waals surface area (Å²) in [6, 6.07) is 8.04. The van der Waals surface area contributed by atoms with Crippen molar-refractivity contribution in [1.82, 2.24) is 15.2 Å². The number of aryl methyl sites for hydroxylation is 2. The molecule has 0 fully saturated rings. The fraction of sp³-hybridized carbons (Fsp3) is 0.333. The van der Waals surface area contributed by atoms with Gasteiger partial charge < -0.3 is 9.32 Å². The molecule has 1 aromatic carbocycles. The van der Waals surface area contributed by atoms with Gasteiger partial charge >= 0.3 is 0 Å². The second-order valence-electron chi connectivity index (χ2n) is 6.15. The lowest BCUT2D eigenvalue weighted by Crippen LogP contribution is -2.35. The molecule has 0 spiro atoms. The molecule has 2 aromatic heterocycles. The van der Waals surface area contributed by atoms with Crippen LogP contribution in [0.5, 0.6) is 0 Å². The molecule has 6 nitrogen and oxygen atoms in total. The fourth-order valence-corrected chi connectivity index (χ4v) is 4.65. The number of para-hydroxylation sites is 1. The summed E-state index contributed by atoms with van der Waals surface area (Å²) < 4.78 is 5.76. The second kappa shape index (κ2) is 6.85. The first kappa shape index (κ1) is 17.2. The summed E-state index contributed by atoms with van der Waals surface area (Å²) in [5.41, 5.74) is 3.10. The molecule has 3 heterocycles. The summed E-state index contributed by atoms with van der Waals surface area (Å²) in [7, 11) is 0. The third-order valence-electron chi connectivity index (χ3n) is 4.28. The lowest BCUT2D eigenvalue weighted by atomic mass is 10.2. The van der Waals surface area contributed by atoms with Crippen LogP contribution in [0.25, 0.3) is 10.8 Å². The van der Waals surface area contributed by atoms with Crippen LogP contribution in [0.3, 0.4) is 0 Å². The normalized spacial score (nSPS) is 14.5. The number of carbonyl (C=O) groups excluding carboxylic acids is 1. The minimum Gasteiger partial charge on any atom is -0.410 e. The summed E-state index contributed by atoms with van der Waals surface area (Å²) >= 11 is 2.82. The van der Waals surface area contributed by atoms with Crippen LogP contribution >= 0.6 is 23.1 Å². The zero-order valence-corrected chi connectivity index (χ0v) is 16.4. The van der Waals surface area contributed by atoms with Crippen molar-refractivity contribution in [1.29, 1.82) is 0 Å². The van der Waals surface area contributed by atoms with Crippen LogP contribution in [-0.4, -0.2) is 32.9 Å². The number of fused-ring (bicyclic) bond motifs is 1. The number of nitrogens with zero attached hydrogens (tertiary/aromatic N) is 4. The Morgan fingerprint density at radius 3 is 2.88 bits per heavy atom. The van der Waals surface area contributed by atoms with Crippen LogP contribution in [0.2, 0.25) is 0 Å². The Balaban J connectivity index is 1.48. The topological polar surface area (TPSA) is 72.1 Å². The standard InChI is InChI=1S/C18H18N4O2S2/c1-10-15(26-12(3)19-10)16-20-21-18(24-16)25-11(2)17(23)22-9-8-13-6-4-5-7-14(13)22/h4-7,11H,8-9H2,1-3H3/t11-/m1/s1. The maximum absolute atomic E-state index is 12.9. The Morgan fingerprint density at radius 2 is 2.12 bits per heavy atom. The van der Waals surface area contributed by atoms with Crippen LogP contribution < -0.4 is 4.90 Å². The SMILES string of the molecule is Cc1nc(C)c(-c2nnc(S[C@H](C)C(=O)N3CCc4ccccc43)o2)s1. The molecular weight excluding hydrogens is 368 g/mol. The van der Waals surface area contributed by atoms with Gasteiger partial charge in [-0.15, -0.1) is 21.5 Å². The van der Waals surface area contributed by atoms with Gasteiger partial charge in [-0.2, -0.15) is 0 Å². The van der Waals surface area contributed by atoms with E-state index in [-0.39, 0.29) is 11.2 Å². The minimum absolute atomic E-state index is 0.0597.